The molecule has 0 aliphatic heterocycles. The molecule has 0 saturated heterocycles. The molecule has 0 radical (unpaired) electrons. The summed E-state index contributed by atoms with van der Waals surface area (Å²) in [5.41, 5.74) is 3.28. The zero-order valence-electron chi connectivity index (χ0n) is 16.5. The fourth-order valence-electron chi connectivity index (χ4n) is 4.53. The lowest BCUT2D eigenvalue weighted by Gasteiger charge is -2.24. The van der Waals surface area contributed by atoms with Crippen LogP contribution in [0.1, 0.15) is 53.9 Å². The number of benzene rings is 2. The molecule has 0 amide bonds. The van der Waals surface area contributed by atoms with Gasteiger partial charge in [0.15, 0.2) is 5.78 Å². The highest BCUT2D eigenvalue weighted by atomic mass is 16.5. The molecule has 0 unspecified atom stereocenters. The molecule has 2 aromatic carbocycles. The largest absolute Gasteiger partial charge is 0.492 e. The third kappa shape index (κ3) is 2.51. The van der Waals surface area contributed by atoms with Gasteiger partial charge in [-0.2, -0.15) is 0 Å². The number of hydrogen-bond acceptors (Lipinski definition) is 4. The molecule has 4 heteroatoms. The first-order valence-electron chi connectivity index (χ1n) is 10.2. The molecule has 0 bridgehead atoms. The molecule has 1 aromatic heterocycles. The second kappa shape index (κ2) is 6.49. The van der Waals surface area contributed by atoms with E-state index in [2.05, 4.69) is 24.8 Å². The van der Waals surface area contributed by atoms with Gasteiger partial charge in [0, 0.05) is 17.5 Å². The molecule has 1 heterocycles. The summed E-state index contributed by atoms with van der Waals surface area (Å²) in [6, 6.07) is 13.8. The zero-order chi connectivity index (χ0) is 19.3. The summed E-state index contributed by atoms with van der Waals surface area (Å²) in [7, 11) is 0. The van der Waals surface area contributed by atoms with Crippen LogP contribution in [0.25, 0.3) is 11.0 Å². The first-order valence-corrected chi connectivity index (χ1v) is 10.2. The van der Waals surface area contributed by atoms with E-state index in [1.165, 1.54) is 0 Å². The van der Waals surface area contributed by atoms with Gasteiger partial charge in [-0.05, 0) is 55.8 Å². The van der Waals surface area contributed by atoms with Gasteiger partial charge in [-0.25, -0.2) is 0 Å². The molecular weight excluding hydrogens is 350 g/mol. The van der Waals surface area contributed by atoms with Crippen molar-refractivity contribution in [2.24, 2.45) is 0 Å². The third-order valence-electron chi connectivity index (χ3n) is 6.33. The normalized spacial score (nSPS) is 16.5. The molecule has 1 spiro atoms. The van der Waals surface area contributed by atoms with Crippen LogP contribution in [0.5, 0.6) is 5.75 Å². The van der Waals surface area contributed by atoms with Crippen molar-refractivity contribution in [2.45, 2.75) is 32.1 Å². The van der Waals surface area contributed by atoms with Crippen molar-refractivity contribution in [2.75, 3.05) is 26.2 Å². The molecule has 1 fully saturated rings. The maximum atomic E-state index is 13.3. The average molecular weight is 375 g/mol. The number of fused-ring (bicyclic) bond motifs is 6. The van der Waals surface area contributed by atoms with Crippen LogP contribution in [0.2, 0.25) is 0 Å². The summed E-state index contributed by atoms with van der Waals surface area (Å²) in [6.45, 7) is 7.93. The van der Waals surface area contributed by atoms with E-state index in [4.69, 9.17) is 9.15 Å². The molecule has 4 nitrogen and oxygen atoms in total. The number of rotatable bonds is 6. The van der Waals surface area contributed by atoms with E-state index in [1.807, 2.05) is 36.4 Å². The van der Waals surface area contributed by atoms with Gasteiger partial charge in [-0.3, -0.25) is 4.79 Å². The van der Waals surface area contributed by atoms with Gasteiger partial charge in [0.2, 0.25) is 0 Å². The van der Waals surface area contributed by atoms with E-state index in [1.54, 1.807) is 0 Å². The Morgan fingerprint density at radius 3 is 2.64 bits per heavy atom. The van der Waals surface area contributed by atoms with Crippen molar-refractivity contribution < 1.29 is 13.9 Å². The van der Waals surface area contributed by atoms with Gasteiger partial charge < -0.3 is 14.1 Å². The van der Waals surface area contributed by atoms with Crippen LogP contribution >= 0.6 is 0 Å². The number of ether oxygens (including phenoxy) is 1. The highest BCUT2D eigenvalue weighted by Gasteiger charge is 2.55. The van der Waals surface area contributed by atoms with Crippen LogP contribution in [0, 0.1) is 0 Å². The topological polar surface area (TPSA) is 42.7 Å². The molecule has 5 rings (SSSR count). The Bertz CT molecular complexity index is 1060. The lowest BCUT2D eigenvalue weighted by molar-refractivity contribution is 0.103. The standard InChI is InChI=1S/C24H25NO3/c1-3-25(4-2)13-14-27-16-9-10-17-19(15-16)24(11-12-24)23-21(22(17)26)18-7-5-6-8-20(18)28-23/h5-10,15H,3-4,11-14H2,1-2H3. The summed E-state index contributed by atoms with van der Waals surface area (Å²) in [5, 5.41) is 0.930. The van der Waals surface area contributed by atoms with Crippen molar-refractivity contribution in [1.29, 1.82) is 0 Å². The maximum Gasteiger partial charge on any atom is 0.197 e. The number of carbonyl (C=O) groups excluding carboxylic acids is 1. The van der Waals surface area contributed by atoms with Crippen LogP contribution in [-0.4, -0.2) is 36.9 Å². The van der Waals surface area contributed by atoms with E-state index in [0.717, 1.165) is 71.6 Å². The number of furan rings is 1. The number of para-hydroxylation sites is 1. The number of ketones is 1. The predicted octanol–water partition coefficient (Wildman–Crippen LogP) is 4.78. The summed E-state index contributed by atoms with van der Waals surface area (Å²) in [5.74, 6) is 1.76. The summed E-state index contributed by atoms with van der Waals surface area (Å²) in [4.78, 5) is 15.6. The Hall–Kier alpha value is -2.59. The lowest BCUT2D eigenvalue weighted by atomic mass is 9.78. The van der Waals surface area contributed by atoms with Crippen molar-refractivity contribution in [3.05, 3.63) is 64.9 Å². The number of hydrogen-bond donors (Lipinski definition) is 0. The monoisotopic (exact) mass is 375 g/mol. The van der Waals surface area contributed by atoms with Crippen molar-refractivity contribution in [1.82, 2.24) is 4.90 Å². The zero-order valence-corrected chi connectivity index (χ0v) is 16.5. The molecule has 0 atom stereocenters. The van der Waals surface area contributed by atoms with Crippen LogP contribution in [0.4, 0.5) is 0 Å². The maximum absolute atomic E-state index is 13.3. The van der Waals surface area contributed by atoms with Crippen LogP contribution in [0.3, 0.4) is 0 Å². The molecule has 28 heavy (non-hydrogen) atoms. The van der Waals surface area contributed by atoms with Gasteiger partial charge in [0.1, 0.15) is 23.7 Å². The Balaban J connectivity index is 1.50. The SMILES string of the molecule is CCN(CC)CCOc1ccc2c(c1)C1(CC1)c1oc3ccccc3c1C2=O. The minimum absolute atomic E-state index is 0.0715. The third-order valence-corrected chi connectivity index (χ3v) is 6.33. The minimum atomic E-state index is -0.157. The van der Waals surface area contributed by atoms with Gasteiger partial charge >= 0.3 is 0 Å². The first-order chi connectivity index (χ1) is 13.7. The van der Waals surface area contributed by atoms with Crippen molar-refractivity contribution >= 4 is 16.8 Å². The summed E-state index contributed by atoms with van der Waals surface area (Å²) in [6.07, 6.45) is 2.03. The second-order valence-corrected chi connectivity index (χ2v) is 7.80. The Kier molecular flexibility index (Phi) is 4.06. The van der Waals surface area contributed by atoms with E-state index in [-0.39, 0.29) is 11.2 Å². The molecule has 2 aliphatic carbocycles. The Morgan fingerprint density at radius 1 is 1.11 bits per heavy atom. The molecule has 144 valence electrons. The van der Waals surface area contributed by atoms with Crippen LogP contribution in [-0.2, 0) is 5.41 Å². The minimum Gasteiger partial charge on any atom is -0.492 e. The van der Waals surface area contributed by atoms with E-state index >= 15 is 0 Å². The second-order valence-electron chi connectivity index (χ2n) is 7.80. The molecule has 0 N–H and O–H groups in total. The lowest BCUT2D eigenvalue weighted by Crippen LogP contribution is -2.28. The van der Waals surface area contributed by atoms with Crippen molar-refractivity contribution in [3.63, 3.8) is 0 Å². The van der Waals surface area contributed by atoms with E-state index < -0.39 is 0 Å². The Morgan fingerprint density at radius 2 is 1.89 bits per heavy atom. The summed E-state index contributed by atoms with van der Waals surface area (Å²) >= 11 is 0. The fourth-order valence-corrected chi connectivity index (χ4v) is 4.53. The van der Waals surface area contributed by atoms with Crippen LogP contribution in [0.15, 0.2) is 46.9 Å². The number of carbonyl (C=O) groups is 1. The smallest absolute Gasteiger partial charge is 0.197 e. The predicted molar refractivity (Wildman–Crippen MR) is 109 cm³/mol. The van der Waals surface area contributed by atoms with Gasteiger partial charge in [-0.15, -0.1) is 0 Å². The van der Waals surface area contributed by atoms with Crippen LogP contribution < -0.4 is 4.74 Å². The molecular formula is C24H25NO3. The van der Waals surface area contributed by atoms with Gasteiger partial charge in [-0.1, -0.05) is 32.0 Å². The highest BCUT2D eigenvalue weighted by Crippen LogP contribution is 2.60. The van der Waals surface area contributed by atoms with E-state index in [0.29, 0.717) is 6.61 Å². The summed E-state index contributed by atoms with van der Waals surface area (Å²) < 4.78 is 12.2. The van der Waals surface area contributed by atoms with Gasteiger partial charge in [0.05, 0.1) is 11.0 Å². The number of nitrogens with zero attached hydrogens (tertiary/aromatic N) is 1. The molecule has 1 saturated carbocycles. The number of likely N-dealkylation sites (N-methyl/N-ethyl adjacent to an activating group) is 1. The van der Waals surface area contributed by atoms with Gasteiger partial charge in [0.25, 0.3) is 0 Å². The highest BCUT2D eigenvalue weighted by molar-refractivity contribution is 6.19. The first kappa shape index (κ1) is 17.5. The van der Waals surface area contributed by atoms with E-state index in [9.17, 15) is 4.79 Å². The molecule has 2 aliphatic rings. The average Bonchev–Trinajstić information content (AvgIpc) is 3.43. The van der Waals surface area contributed by atoms with Crippen molar-refractivity contribution in [3.8, 4) is 5.75 Å². The Labute approximate surface area is 165 Å². The quantitative estimate of drug-likeness (QED) is 0.622. The molecule has 3 aromatic rings. The fraction of sp³-hybridized carbons (Fsp3) is 0.375.